The van der Waals surface area contributed by atoms with Crippen molar-refractivity contribution < 1.29 is 0 Å². The van der Waals surface area contributed by atoms with E-state index in [1.54, 1.807) is 0 Å². The van der Waals surface area contributed by atoms with E-state index in [0.717, 1.165) is 54.1 Å². The molecule has 0 radical (unpaired) electrons. The highest BCUT2D eigenvalue weighted by Gasteiger charge is 2.19. The number of benzene rings is 2. The fourth-order valence-corrected chi connectivity index (χ4v) is 3.34. The van der Waals surface area contributed by atoms with Gasteiger partial charge < -0.3 is 10.2 Å². The van der Waals surface area contributed by atoms with E-state index in [2.05, 4.69) is 52.4 Å². The highest BCUT2D eigenvalue weighted by Crippen LogP contribution is 2.21. The Kier molecular flexibility index (Phi) is 5.72. The van der Waals surface area contributed by atoms with Gasteiger partial charge in [-0.15, -0.1) is 0 Å². The molecular formula is C19H22ClN3S. The summed E-state index contributed by atoms with van der Waals surface area (Å²) in [5.74, 6) is 0. The van der Waals surface area contributed by atoms with Crippen LogP contribution in [0.1, 0.15) is 11.1 Å². The normalized spacial score (nSPS) is 15.3. The van der Waals surface area contributed by atoms with Crippen LogP contribution in [0.4, 0.5) is 5.69 Å². The predicted octanol–water partition coefficient (Wildman–Crippen LogP) is 4.16. The second-order valence-corrected chi connectivity index (χ2v) is 6.96. The van der Waals surface area contributed by atoms with Crippen molar-refractivity contribution >= 4 is 34.6 Å². The molecule has 2 aromatic carbocycles. The lowest BCUT2D eigenvalue weighted by molar-refractivity contribution is 0.177. The van der Waals surface area contributed by atoms with Gasteiger partial charge in [-0.1, -0.05) is 48.0 Å². The molecule has 1 heterocycles. The van der Waals surface area contributed by atoms with Gasteiger partial charge in [-0.3, -0.25) is 4.90 Å². The lowest BCUT2D eigenvalue weighted by Gasteiger charge is -2.36. The zero-order chi connectivity index (χ0) is 16.9. The predicted molar refractivity (Wildman–Crippen MR) is 106 cm³/mol. The monoisotopic (exact) mass is 359 g/mol. The van der Waals surface area contributed by atoms with Crippen LogP contribution in [0.15, 0.2) is 48.5 Å². The van der Waals surface area contributed by atoms with E-state index in [9.17, 15) is 0 Å². The van der Waals surface area contributed by atoms with Crippen LogP contribution in [0, 0.1) is 6.92 Å². The standard InChI is InChI=1S/C19H22ClN3S/c1-15-7-8-17(20)13-18(15)21-19(24)23-11-9-22(10-12-23)14-16-5-3-2-4-6-16/h2-8,13H,9-12,14H2,1H3,(H,21,24). The van der Waals surface area contributed by atoms with Gasteiger partial charge in [0.25, 0.3) is 0 Å². The van der Waals surface area contributed by atoms with Crippen LogP contribution in [0.3, 0.4) is 0 Å². The average Bonchev–Trinajstić information content (AvgIpc) is 2.60. The fraction of sp³-hybridized carbons (Fsp3) is 0.316. The summed E-state index contributed by atoms with van der Waals surface area (Å²) in [5.41, 5.74) is 3.49. The smallest absolute Gasteiger partial charge is 0.173 e. The van der Waals surface area contributed by atoms with E-state index in [0.29, 0.717) is 0 Å². The van der Waals surface area contributed by atoms with Crippen molar-refractivity contribution in [1.82, 2.24) is 9.80 Å². The third kappa shape index (κ3) is 4.47. The molecule has 0 amide bonds. The number of rotatable bonds is 3. The molecule has 24 heavy (non-hydrogen) atoms. The average molecular weight is 360 g/mol. The number of halogens is 1. The summed E-state index contributed by atoms with van der Waals surface area (Å²) in [6, 6.07) is 16.4. The number of hydrogen-bond acceptors (Lipinski definition) is 2. The zero-order valence-electron chi connectivity index (χ0n) is 13.8. The van der Waals surface area contributed by atoms with Crippen LogP contribution >= 0.6 is 23.8 Å². The van der Waals surface area contributed by atoms with Gasteiger partial charge in [-0.25, -0.2) is 0 Å². The molecular weight excluding hydrogens is 338 g/mol. The lowest BCUT2D eigenvalue weighted by atomic mass is 10.2. The van der Waals surface area contributed by atoms with Gasteiger partial charge in [0, 0.05) is 43.4 Å². The molecule has 0 saturated carbocycles. The summed E-state index contributed by atoms with van der Waals surface area (Å²) in [7, 11) is 0. The topological polar surface area (TPSA) is 18.5 Å². The van der Waals surface area contributed by atoms with Gasteiger partial charge >= 0.3 is 0 Å². The number of nitrogens with zero attached hydrogens (tertiary/aromatic N) is 2. The first kappa shape index (κ1) is 17.2. The van der Waals surface area contributed by atoms with Gasteiger partial charge in [-0.05, 0) is 42.4 Å². The molecule has 1 fully saturated rings. The van der Waals surface area contributed by atoms with Crippen molar-refractivity contribution in [3.8, 4) is 0 Å². The lowest BCUT2D eigenvalue weighted by Crippen LogP contribution is -2.49. The molecule has 0 atom stereocenters. The molecule has 5 heteroatoms. The molecule has 0 unspecified atom stereocenters. The van der Waals surface area contributed by atoms with E-state index in [4.69, 9.17) is 23.8 Å². The SMILES string of the molecule is Cc1ccc(Cl)cc1NC(=S)N1CCN(Cc2ccccc2)CC1. The first-order valence-electron chi connectivity index (χ1n) is 8.20. The Labute approximate surface area is 154 Å². The highest BCUT2D eigenvalue weighted by atomic mass is 35.5. The highest BCUT2D eigenvalue weighted by molar-refractivity contribution is 7.80. The Morgan fingerprint density at radius 3 is 2.50 bits per heavy atom. The molecule has 1 N–H and O–H groups in total. The third-order valence-electron chi connectivity index (χ3n) is 4.35. The Balaban J connectivity index is 1.52. The van der Waals surface area contributed by atoms with Crippen molar-refractivity contribution in [1.29, 1.82) is 0 Å². The molecule has 126 valence electrons. The molecule has 3 nitrogen and oxygen atoms in total. The number of thiocarbonyl (C=S) groups is 1. The Hall–Kier alpha value is -1.62. The minimum atomic E-state index is 0.721. The summed E-state index contributed by atoms with van der Waals surface area (Å²) in [6.45, 7) is 6.98. The van der Waals surface area contributed by atoms with E-state index in [1.807, 2.05) is 18.2 Å². The Morgan fingerprint density at radius 1 is 1.08 bits per heavy atom. The van der Waals surface area contributed by atoms with E-state index in [1.165, 1.54) is 5.56 Å². The summed E-state index contributed by atoms with van der Waals surface area (Å²) in [6.07, 6.45) is 0. The second-order valence-electron chi connectivity index (χ2n) is 6.14. The first-order chi connectivity index (χ1) is 11.6. The number of anilines is 1. The van der Waals surface area contributed by atoms with Crippen molar-refractivity contribution in [2.24, 2.45) is 0 Å². The van der Waals surface area contributed by atoms with Gasteiger partial charge in [0.1, 0.15) is 0 Å². The molecule has 0 aromatic heterocycles. The molecule has 0 aliphatic carbocycles. The first-order valence-corrected chi connectivity index (χ1v) is 8.99. The summed E-state index contributed by atoms with van der Waals surface area (Å²) in [5, 5.41) is 4.84. The summed E-state index contributed by atoms with van der Waals surface area (Å²) in [4.78, 5) is 4.70. The number of piperazine rings is 1. The van der Waals surface area contributed by atoms with Gasteiger partial charge in [0.05, 0.1) is 0 Å². The fourth-order valence-electron chi connectivity index (χ4n) is 2.87. The van der Waals surface area contributed by atoms with Crippen molar-refractivity contribution in [3.05, 3.63) is 64.7 Å². The molecule has 1 aliphatic rings. The van der Waals surface area contributed by atoms with Crippen molar-refractivity contribution in [2.75, 3.05) is 31.5 Å². The molecule has 3 rings (SSSR count). The van der Waals surface area contributed by atoms with Crippen LogP contribution < -0.4 is 5.32 Å². The molecule has 2 aromatic rings. The van der Waals surface area contributed by atoms with E-state index in [-0.39, 0.29) is 0 Å². The quantitative estimate of drug-likeness (QED) is 0.829. The minimum absolute atomic E-state index is 0.721. The van der Waals surface area contributed by atoms with E-state index >= 15 is 0 Å². The maximum absolute atomic E-state index is 6.08. The molecule has 0 bridgehead atoms. The maximum atomic E-state index is 6.08. The Bertz CT molecular complexity index is 697. The van der Waals surface area contributed by atoms with Crippen LogP contribution in [0.2, 0.25) is 5.02 Å². The number of aryl methyl sites for hydroxylation is 1. The van der Waals surface area contributed by atoms with Gasteiger partial charge in [-0.2, -0.15) is 0 Å². The largest absolute Gasteiger partial charge is 0.346 e. The van der Waals surface area contributed by atoms with Gasteiger partial charge in [0.15, 0.2) is 5.11 Å². The molecule has 0 spiro atoms. The second kappa shape index (κ2) is 7.97. The third-order valence-corrected chi connectivity index (χ3v) is 4.95. The number of nitrogens with one attached hydrogen (secondary N) is 1. The summed E-state index contributed by atoms with van der Waals surface area (Å²) >= 11 is 11.7. The van der Waals surface area contributed by atoms with E-state index < -0.39 is 0 Å². The Morgan fingerprint density at radius 2 is 1.79 bits per heavy atom. The summed E-state index contributed by atoms with van der Waals surface area (Å²) < 4.78 is 0. The van der Waals surface area contributed by atoms with Crippen LogP contribution in [0.25, 0.3) is 0 Å². The zero-order valence-corrected chi connectivity index (χ0v) is 15.4. The van der Waals surface area contributed by atoms with Crippen LogP contribution in [0.5, 0.6) is 0 Å². The molecule has 1 saturated heterocycles. The van der Waals surface area contributed by atoms with Crippen molar-refractivity contribution in [3.63, 3.8) is 0 Å². The van der Waals surface area contributed by atoms with Crippen LogP contribution in [-0.2, 0) is 6.54 Å². The number of hydrogen-bond donors (Lipinski definition) is 1. The van der Waals surface area contributed by atoms with Crippen molar-refractivity contribution in [2.45, 2.75) is 13.5 Å². The minimum Gasteiger partial charge on any atom is -0.346 e. The maximum Gasteiger partial charge on any atom is 0.173 e. The molecule has 1 aliphatic heterocycles. The van der Waals surface area contributed by atoms with Crippen LogP contribution in [-0.4, -0.2) is 41.1 Å². The van der Waals surface area contributed by atoms with Gasteiger partial charge in [0.2, 0.25) is 0 Å².